The van der Waals surface area contributed by atoms with Gasteiger partial charge in [-0.15, -0.1) is 0 Å². The van der Waals surface area contributed by atoms with Crippen molar-refractivity contribution in [3.8, 4) is 0 Å². The van der Waals surface area contributed by atoms with Crippen molar-refractivity contribution in [2.75, 3.05) is 5.32 Å². The Bertz CT molecular complexity index is 925. The number of carbonyl (C=O) groups excluding carboxylic acids is 2. The lowest BCUT2D eigenvalue weighted by atomic mass is 10.0. The van der Waals surface area contributed by atoms with Gasteiger partial charge in [-0.1, -0.05) is 26.0 Å². The van der Waals surface area contributed by atoms with Gasteiger partial charge in [0.15, 0.2) is 5.82 Å². The zero-order valence-corrected chi connectivity index (χ0v) is 15.8. The first-order chi connectivity index (χ1) is 13.0. The van der Waals surface area contributed by atoms with Gasteiger partial charge in [0.1, 0.15) is 6.04 Å². The van der Waals surface area contributed by atoms with Crippen molar-refractivity contribution in [2.24, 2.45) is 13.0 Å². The molecule has 2 aromatic heterocycles. The molecule has 6 nitrogen and oxygen atoms in total. The first-order valence-electron chi connectivity index (χ1n) is 9.01. The molecule has 0 aliphatic rings. The maximum absolute atomic E-state index is 12.9. The molecule has 0 spiro atoms. The van der Waals surface area contributed by atoms with Crippen LogP contribution in [0.2, 0.25) is 0 Å². The molecular weight excluding hydrogens is 340 g/mol. The Morgan fingerprint density at radius 2 is 1.85 bits per heavy atom. The first-order valence-corrected chi connectivity index (χ1v) is 9.01. The molecule has 0 saturated carbocycles. The minimum Gasteiger partial charge on any atom is -0.342 e. The lowest BCUT2D eigenvalue weighted by Gasteiger charge is -2.20. The van der Waals surface area contributed by atoms with Crippen molar-refractivity contribution in [1.29, 1.82) is 0 Å². The highest BCUT2D eigenvalue weighted by molar-refractivity contribution is 6.07. The van der Waals surface area contributed by atoms with Crippen LogP contribution in [-0.4, -0.2) is 25.8 Å². The molecule has 3 aromatic rings. The molecule has 0 aliphatic carbocycles. The van der Waals surface area contributed by atoms with Gasteiger partial charge in [0.05, 0.1) is 0 Å². The molecule has 1 atom stereocenters. The molecule has 27 heavy (non-hydrogen) atoms. The second kappa shape index (κ2) is 8.03. The molecule has 0 unspecified atom stereocenters. The topological polar surface area (TPSA) is 68.9 Å². The van der Waals surface area contributed by atoms with Crippen LogP contribution in [0, 0.1) is 5.92 Å². The molecule has 0 fully saturated rings. The van der Waals surface area contributed by atoms with Crippen LogP contribution in [0.1, 0.15) is 42.5 Å². The summed E-state index contributed by atoms with van der Waals surface area (Å²) in [7, 11) is 1.78. The summed E-state index contributed by atoms with van der Waals surface area (Å²) in [6.07, 6.45) is 7.84. The summed E-state index contributed by atoms with van der Waals surface area (Å²) >= 11 is 0. The maximum Gasteiger partial charge on any atom is 0.247 e. The molecule has 1 aromatic carbocycles. The zero-order valence-electron chi connectivity index (χ0n) is 15.8. The van der Waals surface area contributed by atoms with Crippen LogP contribution in [0.15, 0.2) is 61.2 Å². The number of rotatable bonds is 7. The predicted octanol–water partition coefficient (Wildman–Crippen LogP) is 3.68. The van der Waals surface area contributed by atoms with E-state index in [9.17, 15) is 9.59 Å². The summed E-state index contributed by atoms with van der Waals surface area (Å²) in [5.74, 6) is 0.465. The van der Waals surface area contributed by atoms with E-state index in [1.54, 1.807) is 48.3 Å². The quantitative estimate of drug-likeness (QED) is 0.650. The van der Waals surface area contributed by atoms with Gasteiger partial charge in [0.2, 0.25) is 11.7 Å². The smallest absolute Gasteiger partial charge is 0.247 e. The van der Waals surface area contributed by atoms with Crippen molar-refractivity contribution in [3.05, 3.63) is 72.6 Å². The van der Waals surface area contributed by atoms with Gasteiger partial charge in [0.25, 0.3) is 0 Å². The van der Waals surface area contributed by atoms with Gasteiger partial charge in [-0.25, -0.2) is 4.98 Å². The second-order valence-electron chi connectivity index (χ2n) is 7.04. The molecule has 0 radical (unpaired) electrons. The fourth-order valence-corrected chi connectivity index (χ4v) is 3.04. The number of aromatic nitrogens is 3. The monoisotopic (exact) mass is 364 g/mol. The van der Waals surface area contributed by atoms with E-state index in [-0.39, 0.29) is 17.7 Å². The summed E-state index contributed by atoms with van der Waals surface area (Å²) in [4.78, 5) is 29.6. The number of nitrogens with one attached hydrogen (secondary N) is 1. The zero-order chi connectivity index (χ0) is 19.4. The number of benzene rings is 1. The minimum absolute atomic E-state index is 0.0958. The third-order valence-corrected chi connectivity index (χ3v) is 4.40. The molecular formula is C21H24N4O2. The number of hydrogen-bond acceptors (Lipinski definition) is 3. The number of amides is 1. The number of imidazole rings is 1. The Hall–Kier alpha value is -3.15. The van der Waals surface area contributed by atoms with Crippen molar-refractivity contribution in [1.82, 2.24) is 14.1 Å². The second-order valence-corrected chi connectivity index (χ2v) is 7.04. The number of hydrogen-bond donors (Lipinski definition) is 1. The molecule has 3 rings (SSSR count). The molecule has 2 heterocycles. The molecule has 0 aliphatic heterocycles. The molecule has 1 amide bonds. The highest BCUT2D eigenvalue weighted by Crippen LogP contribution is 2.21. The van der Waals surface area contributed by atoms with Gasteiger partial charge >= 0.3 is 0 Å². The molecule has 140 valence electrons. The standard InChI is InChI=1S/C21H24N4O2/c1-15(2)13-18(25-10-4-5-11-25)21(27)23-17-8-6-7-16(14-17)19(26)20-22-9-12-24(20)3/h4-12,14-15,18H,13H2,1-3H3,(H,23,27)/t18-/m0/s1. The SMILES string of the molecule is CC(C)C[C@@H](C(=O)Nc1cccc(C(=O)c2nccn2C)c1)n1cccc1. The predicted molar refractivity (Wildman–Crippen MR) is 105 cm³/mol. The summed E-state index contributed by atoms with van der Waals surface area (Å²) in [5.41, 5.74) is 1.09. The fourth-order valence-electron chi connectivity index (χ4n) is 3.04. The van der Waals surface area contributed by atoms with Crippen molar-refractivity contribution in [2.45, 2.75) is 26.3 Å². The maximum atomic E-state index is 12.9. The fraction of sp³-hybridized carbons (Fsp3) is 0.286. The van der Waals surface area contributed by atoms with E-state index in [0.29, 0.717) is 23.0 Å². The Labute approximate surface area is 158 Å². The van der Waals surface area contributed by atoms with Crippen LogP contribution in [0.3, 0.4) is 0 Å². The van der Waals surface area contributed by atoms with E-state index in [1.165, 1.54) is 0 Å². The normalized spacial score (nSPS) is 12.1. The van der Waals surface area contributed by atoms with E-state index in [0.717, 1.165) is 6.42 Å². The van der Waals surface area contributed by atoms with Gasteiger partial charge in [-0.2, -0.15) is 0 Å². The number of nitrogens with zero attached hydrogens (tertiary/aromatic N) is 3. The van der Waals surface area contributed by atoms with Crippen molar-refractivity contribution < 1.29 is 9.59 Å². The molecule has 0 saturated heterocycles. The third-order valence-electron chi connectivity index (χ3n) is 4.40. The van der Waals surface area contributed by atoms with Crippen LogP contribution < -0.4 is 5.32 Å². The lowest BCUT2D eigenvalue weighted by molar-refractivity contribution is -0.119. The van der Waals surface area contributed by atoms with Crippen LogP contribution in [0.25, 0.3) is 0 Å². The Morgan fingerprint density at radius 3 is 2.48 bits per heavy atom. The van der Waals surface area contributed by atoms with Gasteiger partial charge < -0.3 is 14.5 Å². The molecule has 1 N–H and O–H groups in total. The Kier molecular flexibility index (Phi) is 5.54. The largest absolute Gasteiger partial charge is 0.342 e. The van der Waals surface area contributed by atoms with Crippen LogP contribution >= 0.6 is 0 Å². The lowest BCUT2D eigenvalue weighted by Crippen LogP contribution is -2.26. The highest BCUT2D eigenvalue weighted by Gasteiger charge is 2.21. The number of aryl methyl sites for hydroxylation is 1. The minimum atomic E-state index is -0.297. The van der Waals surface area contributed by atoms with Gasteiger partial charge in [-0.3, -0.25) is 9.59 Å². The number of carbonyl (C=O) groups is 2. The van der Waals surface area contributed by atoms with E-state index >= 15 is 0 Å². The third kappa shape index (κ3) is 4.34. The van der Waals surface area contributed by atoms with E-state index in [4.69, 9.17) is 0 Å². The summed E-state index contributed by atoms with van der Waals surface area (Å²) in [6.45, 7) is 4.19. The Morgan fingerprint density at radius 1 is 1.11 bits per heavy atom. The van der Waals surface area contributed by atoms with Gasteiger partial charge in [-0.05, 0) is 36.6 Å². The summed E-state index contributed by atoms with van der Waals surface area (Å²) < 4.78 is 3.59. The summed E-state index contributed by atoms with van der Waals surface area (Å²) in [6, 6.07) is 10.5. The Balaban J connectivity index is 1.80. The average molecular weight is 364 g/mol. The van der Waals surface area contributed by atoms with Gasteiger partial charge in [0, 0.05) is 43.1 Å². The molecule has 6 heteroatoms. The van der Waals surface area contributed by atoms with E-state index in [1.807, 2.05) is 29.1 Å². The number of ketones is 1. The van der Waals surface area contributed by atoms with Crippen molar-refractivity contribution in [3.63, 3.8) is 0 Å². The van der Waals surface area contributed by atoms with Crippen LogP contribution in [0.4, 0.5) is 5.69 Å². The van der Waals surface area contributed by atoms with E-state index < -0.39 is 0 Å². The van der Waals surface area contributed by atoms with Crippen LogP contribution in [0.5, 0.6) is 0 Å². The number of anilines is 1. The van der Waals surface area contributed by atoms with Crippen LogP contribution in [-0.2, 0) is 11.8 Å². The van der Waals surface area contributed by atoms with E-state index in [2.05, 4.69) is 24.1 Å². The average Bonchev–Trinajstić information content (AvgIpc) is 3.30. The molecule has 0 bridgehead atoms. The highest BCUT2D eigenvalue weighted by atomic mass is 16.2. The van der Waals surface area contributed by atoms with Crippen molar-refractivity contribution >= 4 is 17.4 Å². The first kappa shape index (κ1) is 18.6. The summed E-state index contributed by atoms with van der Waals surface area (Å²) in [5, 5.41) is 2.95.